The first-order valence-corrected chi connectivity index (χ1v) is 6.08. The summed E-state index contributed by atoms with van der Waals surface area (Å²) in [5.74, 6) is 0. The Hall–Kier alpha value is -0.320. The van der Waals surface area contributed by atoms with E-state index < -0.39 is 0 Å². The lowest BCUT2D eigenvalue weighted by atomic mass is 10.3. The number of aromatic nitrogens is 1. The van der Waals surface area contributed by atoms with Crippen LogP contribution in [0.1, 0.15) is 26.5 Å². The first-order chi connectivity index (χ1) is 6.65. The Balaban J connectivity index is 0.00000196. The van der Waals surface area contributed by atoms with Crippen LogP contribution in [0.15, 0.2) is 5.38 Å². The van der Waals surface area contributed by atoms with Crippen LogP contribution >= 0.6 is 11.3 Å². The molecule has 2 N–H and O–H groups in total. The lowest BCUT2D eigenvalue weighted by Gasteiger charge is -2.35. The van der Waals surface area contributed by atoms with Crippen molar-refractivity contribution < 1.29 is 16.9 Å². The third-order valence-electron chi connectivity index (χ3n) is 3.08. The zero-order chi connectivity index (χ0) is 10.6. The van der Waals surface area contributed by atoms with Crippen molar-refractivity contribution in [3.8, 4) is 0 Å². The molecule has 0 amide bonds. The average molecular weight is 250 g/mol. The second kappa shape index (κ2) is 6.30. The highest BCUT2D eigenvalue weighted by Gasteiger charge is 2.22. The molecule has 0 aliphatic carbocycles. The van der Waals surface area contributed by atoms with Crippen molar-refractivity contribution in [3.05, 3.63) is 11.1 Å². The molecule has 0 radical (unpaired) electrons. The Morgan fingerprint density at radius 1 is 1.27 bits per heavy atom. The van der Waals surface area contributed by atoms with Crippen LogP contribution in [0.25, 0.3) is 0 Å². The maximum absolute atomic E-state index is 5.62. The van der Waals surface area contributed by atoms with Gasteiger partial charge in [-0.2, -0.15) is 0 Å². The van der Waals surface area contributed by atoms with Crippen LogP contribution in [0.5, 0.6) is 0 Å². The number of hydrogen-bond acceptors (Lipinski definition) is 3. The molecule has 0 aliphatic rings. The smallest absolute Gasteiger partial charge is 0.180 e. The molecule has 5 heteroatoms. The molecule has 0 bridgehead atoms. The number of hydrogen-bond donors (Lipinski definition) is 1. The summed E-state index contributed by atoms with van der Waals surface area (Å²) >= 11 is 1.53. The monoisotopic (exact) mass is 249 g/mol. The fourth-order valence-electron chi connectivity index (χ4n) is 1.75. The van der Waals surface area contributed by atoms with Crippen molar-refractivity contribution in [1.29, 1.82) is 0 Å². The molecule has 0 atom stereocenters. The Labute approximate surface area is 102 Å². The van der Waals surface area contributed by atoms with Gasteiger partial charge < -0.3 is 22.6 Å². The second-order valence-electron chi connectivity index (χ2n) is 3.63. The van der Waals surface area contributed by atoms with E-state index in [2.05, 4.69) is 31.1 Å². The molecule has 0 fully saturated rings. The van der Waals surface area contributed by atoms with Gasteiger partial charge in [0.25, 0.3) is 0 Å². The van der Waals surface area contributed by atoms with E-state index in [-0.39, 0.29) is 12.4 Å². The largest absolute Gasteiger partial charge is 1.00 e. The Morgan fingerprint density at radius 3 is 2.13 bits per heavy atom. The summed E-state index contributed by atoms with van der Waals surface area (Å²) in [7, 11) is 0. The van der Waals surface area contributed by atoms with Crippen LogP contribution < -0.4 is 18.1 Å². The van der Waals surface area contributed by atoms with E-state index >= 15 is 0 Å². The number of nitrogens with zero attached hydrogens (tertiary/aromatic N) is 2. The Morgan fingerprint density at radius 2 is 1.80 bits per heavy atom. The number of nitrogen functional groups attached to an aromatic ring is 1. The molecule has 0 aliphatic heterocycles. The number of thiazole rings is 1. The van der Waals surface area contributed by atoms with Crippen molar-refractivity contribution in [2.24, 2.45) is 0 Å². The molecule has 88 valence electrons. The molecule has 0 aromatic carbocycles. The van der Waals surface area contributed by atoms with E-state index in [1.165, 1.54) is 11.3 Å². The van der Waals surface area contributed by atoms with Gasteiger partial charge in [0.05, 0.1) is 19.6 Å². The molecular weight excluding hydrogens is 230 g/mol. The lowest BCUT2D eigenvalue weighted by molar-refractivity contribution is -0.936. The predicted molar refractivity (Wildman–Crippen MR) is 62.1 cm³/mol. The summed E-state index contributed by atoms with van der Waals surface area (Å²) in [5, 5.41) is 2.75. The van der Waals surface area contributed by atoms with Crippen LogP contribution in [0.2, 0.25) is 0 Å². The zero-order valence-corrected chi connectivity index (χ0v) is 11.2. The lowest BCUT2D eigenvalue weighted by Crippen LogP contribution is -3.00. The SMILES string of the molecule is CC[N+](CC)(CC)Cc1csc(N)n1.[Cl-]. The van der Waals surface area contributed by atoms with E-state index in [0.29, 0.717) is 5.13 Å². The van der Waals surface area contributed by atoms with Crippen molar-refractivity contribution in [3.63, 3.8) is 0 Å². The van der Waals surface area contributed by atoms with Crippen molar-refractivity contribution in [2.45, 2.75) is 27.3 Å². The van der Waals surface area contributed by atoms with Crippen LogP contribution in [-0.4, -0.2) is 29.1 Å². The summed E-state index contributed by atoms with van der Waals surface area (Å²) in [4.78, 5) is 4.32. The summed E-state index contributed by atoms with van der Waals surface area (Å²) < 4.78 is 1.10. The van der Waals surface area contributed by atoms with Gasteiger partial charge in [-0.15, -0.1) is 11.3 Å². The van der Waals surface area contributed by atoms with Gasteiger partial charge in [-0.25, -0.2) is 4.98 Å². The Kier molecular flexibility index (Phi) is 6.17. The van der Waals surface area contributed by atoms with E-state index in [1.807, 2.05) is 0 Å². The minimum absolute atomic E-state index is 0. The van der Waals surface area contributed by atoms with Gasteiger partial charge in [-0.1, -0.05) is 0 Å². The highest BCUT2D eigenvalue weighted by atomic mass is 35.5. The highest BCUT2D eigenvalue weighted by Crippen LogP contribution is 2.17. The minimum atomic E-state index is 0. The van der Waals surface area contributed by atoms with Crippen LogP contribution in [0.3, 0.4) is 0 Å². The maximum Gasteiger partial charge on any atom is 0.180 e. The van der Waals surface area contributed by atoms with Gasteiger partial charge in [0, 0.05) is 5.38 Å². The third kappa shape index (κ3) is 3.63. The molecule has 1 aromatic heterocycles. The van der Waals surface area contributed by atoms with Crippen LogP contribution in [0.4, 0.5) is 5.13 Å². The molecule has 0 saturated carbocycles. The second-order valence-corrected chi connectivity index (χ2v) is 4.52. The van der Waals surface area contributed by atoms with Gasteiger partial charge in [0.2, 0.25) is 0 Å². The summed E-state index contributed by atoms with van der Waals surface area (Å²) in [5.41, 5.74) is 6.76. The number of rotatable bonds is 5. The van der Waals surface area contributed by atoms with Gasteiger partial charge in [0.1, 0.15) is 12.2 Å². The fourth-order valence-corrected chi connectivity index (χ4v) is 2.30. The molecule has 1 heterocycles. The third-order valence-corrected chi connectivity index (χ3v) is 3.80. The molecule has 15 heavy (non-hydrogen) atoms. The first kappa shape index (κ1) is 14.7. The zero-order valence-electron chi connectivity index (χ0n) is 9.66. The molecule has 0 spiro atoms. The van der Waals surface area contributed by atoms with Crippen LogP contribution in [0, 0.1) is 0 Å². The molecule has 0 saturated heterocycles. The van der Waals surface area contributed by atoms with Crippen molar-refractivity contribution >= 4 is 16.5 Å². The standard InChI is InChI=1S/C10H20N3S.ClH/c1-4-13(5-2,6-3)7-9-8-14-10(11)12-9;/h8H,4-7H2,1-3H3,(H2,11,12);1H/q+1;/p-1. The minimum Gasteiger partial charge on any atom is -1.00 e. The molecule has 0 unspecified atom stereocenters. The highest BCUT2D eigenvalue weighted by molar-refractivity contribution is 7.13. The summed E-state index contributed by atoms with van der Waals surface area (Å²) in [6, 6.07) is 0. The average Bonchev–Trinajstić information content (AvgIpc) is 2.61. The van der Waals surface area contributed by atoms with E-state index in [0.717, 1.165) is 36.4 Å². The number of anilines is 1. The molecule has 1 aromatic rings. The summed E-state index contributed by atoms with van der Waals surface area (Å²) in [6.45, 7) is 11.2. The topological polar surface area (TPSA) is 38.9 Å². The molecular formula is C10H20ClN3S. The van der Waals surface area contributed by atoms with Gasteiger partial charge in [-0.3, -0.25) is 0 Å². The van der Waals surface area contributed by atoms with E-state index in [4.69, 9.17) is 5.73 Å². The fraction of sp³-hybridized carbons (Fsp3) is 0.700. The number of halogens is 1. The molecule has 1 rings (SSSR count). The first-order valence-electron chi connectivity index (χ1n) is 5.20. The number of quaternary nitrogens is 1. The normalized spacial score (nSPS) is 11.1. The van der Waals surface area contributed by atoms with E-state index in [1.54, 1.807) is 0 Å². The predicted octanol–water partition coefficient (Wildman–Crippen LogP) is -0.894. The van der Waals surface area contributed by atoms with E-state index in [9.17, 15) is 0 Å². The van der Waals surface area contributed by atoms with Gasteiger partial charge >= 0.3 is 0 Å². The molecule has 3 nitrogen and oxygen atoms in total. The summed E-state index contributed by atoms with van der Waals surface area (Å²) in [6.07, 6.45) is 0. The quantitative estimate of drug-likeness (QED) is 0.688. The van der Waals surface area contributed by atoms with Crippen LogP contribution in [-0.2, 0) is 6.54 Å². The van der Waals surface area contributed by atoms with Crippen molar-refractivity contribution in [1.82, 2.24) is 4.98 Å². The Bertz CT molecular complexity index is 276. The van der Waals surface area contributed by atoms with Gasteiger partial charge in [0.15, 0.2) is 5.13 Å². The van der Waals surface area contributed by atoms with Gasteiger partial charge in [-0.05, 0) is 20.8 Å². The number of nitrogens with two attached hydrogens (primary N) is 1. The van der Waals surface area contributed by atoms with Crippen molar-refractivity contribution in [2.75, 3.05) is 25.4 Å². The maximum atomic E-state index is 5.62.